The van der Waals surface area contributed by atoms with E-state index in [0.29, 0.717) is 18.7 Å². The van der Waals surface area contributed by atoms with Crippen LogP contribution in [0.25, 0.3) is 0 Å². The van der Waals surface area contributed by atoms with Gasteiger partial charge in [-0.2, -0.15) is 5.26 Å². The van der Waals surface area contributed by atoms with Gasteiger partial charge in [0.05, 0.1) is 24.7 Å². The minimum atomic E-state index is -0.369. The Balaban J connectivity index is 2.69. The van der Waals surface area contributed by atoms with Crippen LogP contribution in [-0.2, 0) is 16.1 Å². The van der Waals surface area contributed by atoms with Crippen molar-refractivity contribution in [2.45, 2.75) is 13.5 Å². The van der Waals surface area contributed by atoms with Crippen molar-refractivity contribution >= 4 is 11.8 Å². The van der Waals surface area contributed by atoms with Gasteiger partial charge < -0.3 is 16.0 Å². The highest BCUT2D eigenvalue weighted by atomic mass is 16.2. The van der Waals surface area contributed by atoms with Crippen LogP contribution in [0, 0.1) is 11.3 Å². The summed E-state index contributed by atoms with van der Waals surface area (Å²) < 4.78 is 0. The monoisotopic (exact) mass is 274 g/mol. The Labute approximate surface area is 118 Å². The van der Waals surface area contributed by atoms with Crippen LogP contribution in [0.2, 0.25) is 0 Å². The molecule has 0 atom stereocenters. The molecule has 106 valence electrons. The van der Waals surface area contributed by atoms with E-state index >= 15 is 0 Å². The van der Waals surface area contributed by atoms with E-state index < -0.39 is 0 Å². The summed E-state index contributed by atoms with van der Waals surface area (Å²) in [5, 5.41) is 11.5. The zero-order chi connectivity index (χ0) is 15.0. The molecule has 0 radical (unpaired) electrons. The molecule has 0 aromatic heterocycles. The van der Waals surface area contributed by atoms with E-state index in [-0.39, 0.29) is 24.9 Å². The summed E-state index contributed by atoms with van der Waals surface area (Å²) in [6, 6.07) is 9.23. The molecule has 0 aliphatic heterocycles. The van der Waals surface area contributed by atoms with E-state index in [9.17, 15) is 9.59 Å². The molecule has 6 nitrogen and oxygen atoms in total. The van der Waals surface area contributed by atoms with E-state index in [1.807, 2.05) is 19.1 Å². The molecule has 0 unspecified atom stereocenters. The van der Waals surface area contributed by atoms with Crippen molar-refractivity contribution < 1.29 is 9.59 Å². The quantitative estimate of drug-likeness (QED) is 0.761. The number of benzene rings is 1. The first-order valence-corrected chi connectivity index (χ1v) is 6.34. The Morgan fingerprint density at radius 2 is 2.10 bits per heavy atom. The molecule has 0 saturated carbocycles. The smallest absolute Gasteiger partial charge is 0.242 e. The highest BCUT2D eigenvalue weighted by Crippen LogP contribution is 2.10. The van der Waals surface area contributed by atoms with Gasteiger partial charge in [0.2, 0.25) is 11.8 Å². The first-order valence-electron chi connectivity index (χ1n) is 6.34. The fraction of sp³-hybridized carbons (Fsp3) is 0.357. The van der Waals surface area contributed by atoms with Gasteiger partial charge in [0, 0.05) is 13.1 Å². The van der Waals surface area contributed by atoms with Gasteiger partial charge in [0.25, 0.3) is 0 Å². The molecule has 0 fully saturated rings. The van der Waals surface area contributed by atoms with Crippen molar-refractivity contribution in [2.24, 2.45) is 5.73 Å². The molecule has 2 amide bonds. The van der Waals surface area contributed by atoms with E-state index in [1.165, 1.54) is 0 Å². The molecule has 0 aliphatic carbocycles. The van der Waals surface area contributed by atoms with Crippen LogP contribution >= 0.6 is 0 Å². The topological polar surface area (TPSA) is 99.2 Å². The number of nitrogens with zero attached hydrogens (tertiary/aromatic N) is 2. The Bertz CT molecular complexity index is 522. The summed E-state index contributed by atoms with van der Waals surface area (Å²) in [5.41, 5.74) is 6.49. The van der Waals surface area contributed by atoms with Crippen LogP contribution in [0.1, 0.15) is 18.1 Å². The normalized spacial score (nSPS) is 9.65. The zero-order valence-corrected chi connectivity index (χ0v) is 11.4. The maximum Gasteiger partial charge on any atom is 0.242 e. The summed E-state index contributed by atoms with van der Waals surface area (Å²) in [7, 11) is 0. The lowest BCUT2D eigenvalue weighted by Crippen LogP contribution is -2.41. The third-order valence-electron chi connectivity index (χ3n) is 2.86. The number of nitriles is 1. The zero-order valence-electron chi connectivity index (χ0n) is 11.4. The molecule has 1 aromatic carbocycles. The van der Waals surface area contributed by atoms with Gasteiger partial charge in [-0.3, -0.25) is 9.59 Å². The van der Waals surface area contributed by atoms with Crippen molar-refractivity contribution in [1.29, 1.82) is 5.26 Å². The Kier molecular flexibility index (Phi) is 6.20. The molecule has 0 heterocycles. The SMILES string of the molecule is CCN(Cc1ccccc1C#N)C(=O)CNC(=O)CN. The fourth-order valence-electron chi connectivity index (χ4n) is 1.71. The summed E-state index contributed by atoms with van der Waals surface area (Å²) in [6.07, 6.45) is 0. The van der Waals surface area contributed by atoms with Crippen LogP contribution in [0.15, 0.2) is 24.3 Å². The molecular formula is C14H18N4O2. The second-order valence-electron chi connectivity index (χ2n) is 4.16. The number of hydrogen-bond acceptors (Lipinski definition) is 4. The number of nitrogens with one attached hydrogen (secondary N) is 1. The lowest BCUT2D eigenvalue weighted by molar-refractivity contribution is -0.132. The molecule has 20 heavy (non-hydrogen) atoms. The largest absolute Gasteiger partial charge is 0.346 e. The van der Waals surface area contributed by atoms with Gasteiger partial charge in [-0.1, -0.05) is 18.2 Å². The van der Waals surface area contributed by atoms with Gasteiger partial charge in [0.15, 0.2) is 0 Å². The predicted molar refractivity (Wildman–Crippen MR) is 74.3 cm³/mol. The highest BCUT2D eigenvalue weighted by Gasteiger charge is 2.14. The summed E-state index contributed by atoms with van der Waals surface area (Å²) in [4.78, 5) is 24.6. The van der Waals surface area contributed by atoms with Crippen LogP contribution in [0.4, 0.5) is 0 Å². The van der Waals surface area contributed by atoms with Gasteiger partial charge in [-0.25, -0.2) is 0 Å². The number of hydrogen-bond donors (Lipinski definition) is 2. The molecule has 0 aliphatic rings. The van der Waals surface area contributed by atoms with Crippen molar-refractivity contribution in [1.82, 2.24) is 10.2 Å². The van der Waals surface area contributed by atoms with E-state index in [0.717, 1.165) is 5.56 Å². The average Bonchev–Trinajstić information content (AvgIpc) is 2.50. The van der Waals surface area contributed by atoms with Gasteiger partial charge >= 0.3 is 0 Å². The molecule has 0 spiro atoms. The summed E-state index contributed by atoms with van der Waals surface area (Å²) >= 11 is 0. The van der Waals surface area contributed by atoms with Crippen molar-refractivity contribution in [3.05, 3.63) is 35.4 Å². The first kappa shape index (κ1) is 15.7. The Hall–Kier alpha value is -2.39. The summed E-state index contributed by atoms with van der Waals surface area (Å²) in [6.45, 7) is 2.46. The van der Waals surface area contributed by atoms with Gasteiger partial charge in [-0.05, 0) is 18.6 Å². The number of rotatable bonds is 6. The standard InChI is InChI=1S/C14H18N4O2/c1-2-18(14(20)9-17-13(19)8-16)10-12-6-4-3-5-11(12)7-15/h3-6H,2,8-10,16H2,1H3,(H,17,19). The maximum atomic E-state index is 12.0. The first-order chi connectivity index (χ1) is 9.62. The molecule has 1 rings (SSSR count). The fourth-order valence-corrected chi connectivity index (χ4v) is 1.71. The van der Waals surface area contributed by atoms with E-state index in [4.69, 9.17) is 11.0 Å². The Morgan fingerprint density at radius 3 is 2.70 bits per heavy atom. The number of carbonyl (C=O) groups excluding carboxylic acids is 2. The Morgan fingerprint density at radius 1 is 1.40 bits per heavy atom. The average molecular weight is 274 g/mol. The third kappa shape index (κ3) is 4.37. The minimum Gasteiger partial charge on any atom is -0.346 e. The highest BCUT2D eigenvalue weighted by molar-refractivity contribution is 5.85. The molecule has 3 N–H and O–H groups in total. The number of carbonyl (C=O) groups is 2. The van der Waals surface area contributed by atoms with Crippen molar-refractivity contribution in [3.8, 4) is 6.07 Å². The molecule has 1 aromatic rings. The van der Waals surface area contributed by atoms with Crippen molar-refractivity contribution in [3.63, 3.8) is 0 Å². The van der Waals surface area contributed by atoms with Gasteiger partial charge in [0.1, 0.15) is 0 Å². The lowest BCUT2D eigenvalue weighted by atomic mass is 10.1. The van der Waals surface area contributed by atoms with Crippen LogP contribution in [0.3, 0.4) is 0 Å². The number of nitrogens with two attached hydrogens (primary N) is 1. The minimum absolute atomic E-state index is 0.0847. The predicted octanol–water partition coefficient (Wildman–Crippen LogP) is -0.0183. The van der Waals surface area contributed by atoms with Gasteiger partial charge in [-0.15, -0.1) is 0 Å². The lowest BCUT2D eigenvalue weighted by Gasteiger charge is -2.21. The molecule has 0 bridgehead atoms. The molecule has 0 saturated heterocycles. The van der Waals surface area contributed by atoms with E-state index in [1.54, 1.807) is 17.0 Å². The second kappa shape index (κ2) is 7.92. The number of amides is 2. The van der Waals surface area contributed by atoms with Crippen LogP contribution in [0.5, 0.6) is 0 Å². The van der Waals surface area contributed by atoms with Crippen molar-refractivity contribution in [2.75, 3.05) is 19.6 Å². The third-order valence-corrected chi connectivity index (χ3v) is 2.86. The molecule has 6 heteroatoms. The van der Waals surface area contributed by atoms with Crippen LogP contribution in [-0.4, -0.2) is 36.3 Å². The summed E-state index contributed by atoms with van der Waals surface area (Å²) in [5.74, 6) is -0.575. The second-order valence-corrected chi connectivity index (χ2v) is 4.16. The van der Waals surface area contributed by atoms with Crippen LogP contribution < -0.4 is 11.1 Å². The molecular weight excluding hydrogens is 256 g/mol. The van der Waals surface area contributed by atoms with E-state index in [2.05, 4.69) is 11.4 Å². The maximum absolute atomic E-state index is 12.0. The number of likely N-dealkylation sites (N-methyl/N-ethyl adjacent to an activating group) is 1.